The molecule has 0 spiro atoms. The van der Waals surface area contributed by atoms with E-state index in [0.29, 0.717) is 13.0 Å². The van der Waals surface area contributed by atoms with Gasteiger partial charge >= 0.3 is 5.97 Å². The lowest BCUT2D eigenvalue weighted by Gasteiger charge is -2.38. The van der Waals surface area contributed by atoms with Gasteiger partial charge in [-0.05, 0) is 63.7 Å². The Morgan fingerprint density at radius 3 is 2.43 bits per heavy atom. The summed E-state index contributed by atoms with van der Waals surface area (Å²) in [5.74, 6) is -0.110. The van der Waals surface area contributed by atoms with Crippen LogP contribution in [0, 0.1) is 0 Å². The first kappa shape index (κ1) is 16.4. The summed E-state index contributed by atoms with van der Waals surface area (Å²) in [5, 5.41) is 0. The molecule has 1 heterocycles. The molecule has 0 saturated carbocycles. The normalized spacial score (nSPS) is 18.4. The Morgan fingerprint density at radius 1 is 1.29 bits per heavy atom. The highest BCUT2D eigenvalue weighted by Gasteiger charge is 2.37. The van der Waals surface area contributed by atoms with Crippen molar-refractivity contribution in [1.29, 1.82) is 0 Å². The van der Waals surface area contributed by atoms with E-state index in [4.69, 9.17) is 4.74 Å². The molecule has 1 aliphatic rings. The molecule has 21 heavy (non-hydrogen) atoms. The van der Waals surface area contributed by atoms with Crippen molar-refractivity contribution < 1.29 is 9.53 Å². The number of hydrogen-bond donors (Lipinski definition) is 0. The zero-order valence-corrected chi connectivity index (χ0v) is 14.0. The summed E-state index contributed by atoms with van der Waals surface area (Å²) < 4.78 is 5.19. The second-order valence-electron chi connectivity index (χ2n) is 5.68. The lowest BCUT2D eigenvalue weighted by atomic mass is 9.87. The van der Waals surface area contributed by atoms with E-state index < -0.39 is 0 Å². The number of carbonyl (C=O) groups is 1. The van der Waals surface area contributed by atoms with Gasteiger partial charge in [0, 0.05) is 4.90 Å². The summed E-state index contributed by atoms with van der Waals surface area (Å²) >= 11 is 1.74. The first-order valence-electron chi connectivity index (χ1n) is 7.65. The average molecular weight is 307 g/mol. The van der Waals surface area contributed by atoms with E-state index in [-0.39, 0.29) is 11.5 Å². The van der Waals surface area contributed by atoms with Crippen molar-refractivity contribution in [3.05, 3.63) is 29.8 Å². The van der Waals surface area contributed by atoms with Crippen LogP contribution in [0.1, 0.15) is 38.7 Å². The first-order chi connectivity index (χ1) is 10.1. The van der Waals surface area contributed by atoms with Crippen LogP contribution in [0.4, 0.5) is 0 Å². The zero-order chi connectivity index (χ0) is 15.3. The van der Waals surface area contributed by atoms with Gasteiger partial charge in [-0.3, -0.25) is 9.69 Å². The molecule has 1 saturated heterocycles. The third kappa shape index (κ3) is 3.80. The maximum Gasteiger partial charge on any atom is 0.307 e. The minimum atomic E-state index is -0.264. The zero-order valence-electron chi connectivity index (χ0n) is 13.2. The molecule has 2 rings (SSSR count). The second-order valence-corrected chi connectivity index (χ2v) is 6.56. The number of benzene rings is 1. The number of ether oxygens (including phenoxy) is 1. The number of esters is 1. The Morgan fingerprint density at radius 2 is 1.90 bits per heavy atom. The highest BCUT2D eigenvalue weighted by atomic mass is 32.2. The summed E-state index contributed by atoms with van der Waals surface area (Å²) in [4.78, 5) is 15.7. The standard InChI is InChI=1S/C17H25NO2S/c1-4-20-16(19)13-17(2,18-11-5-6-12-18)14-7-9-15(21-3)10-8-14/h7-10H,4-6,11-13H2,1-3H3. The fraction of sp³-hybridized carbons (Fsp3) is 0.588. The molecule has 1 aromatic carbocycles. The fourth-order valence-electron chi connectivity index (χ4n) is 3.05. The van der Waals surface area contributed by atoms with E-state index >= 15 is 0 Å². The Bertz CT molecular complexity index is 468. The Balaban J connectivity index is 2.26. The molecule has 116 valence electrons. The van der Waals surface area contributed by atoms with E-state index in [1.54, 1.807) is 11.8 Å². The maximum atomic E-state index is 12.1. The largest absolute Gasteiger partial charge is 0.466 e. The van der Waals surface area contributed by atoms with Gasteiger partial charge in [-0.25, -0.2) is 0 Å². The summed E-state index contributed by atoms with van der Waals surface area (Å²) in [5.41, 5.74) is 0.940. The highest BCUT2D eigenvalue weighted by Crippen LogP contribution is 2.35. The second kappa shape index (κ2) is 7.32. The minimum Gasteiger partial charge on any atom is -0.466 e. The van der Waals surface area contributed by atoms with E-state index in [2.05, 4.69) is 42.3 Å². The molecule has 4 heteroatoms. The highest BCUT2D eigenvalue weighted by molar-refractivity contribution is 7.98. The lowest BCUT2D eigenvalue weighted by molar-refractivity contribution is -0.146. The summed E-state index contributed by atoms with van der Waals surface area (Å²) in [7, 11) is 0. The van der Waals surface area contributed by atoms with Gasteiger partial charge in [-0.15, -0.1) is 11.8 Å². The first-order valence-corrected chi connectivity index (χ1v) is 8.88. The minimum absolute atomic E-state index is 0.110. The molecule has 1 aromatic rings. The molecule has 1 aliphatic heterocycles. The van der Waals surface area contributed by atoms with Crippen LogP contribution in [0.25, 0.3) is 0 Å². The van der Waals surface area contributed by atoms with Crippen molar-refractivity contribution in [3.63, 3.8) is 0 Å². The lowest BCUT2D eigenvalue weighted by Crippen LogP contribution is -2.44. The van der Waals surface area contributed by atoms with Gasteiger partial charge in [0.15, 0.2) is 0 Å². The van der Waals surface area contributed by atoms with E-state index in [9.17, 15) is 4.79 Å². The topological polar surface area (TPSA) is 29.5 Å². The molecule has 1 fully saturated rings. The SMILES string of the molecule is CCOC(=O)CC(C)(c1ccc(SC)cc1)N1CCCC1. The van der Waals surface area contributed by atoms with Crippen molar-refractivity contribution in [2.24, 2.45) is 0 Å². The van der Waals surface area contributed by atoms with Crippen LogP contribution in [0.3, 0.4) is 0 Å². The van der Waals surface area contributed by atoms with Crippen LogP contribution in [-0.4, -0.2) is 36.8 Å². The van der Waals surface area contributed by atoms with Gasteiger partial charge < -0.3 is 4.74 Å². The van der Waals surface area contributed by atoms with Gasteiger partial charge in [0.1, 0.15) is 0 Å². The third-order valence-corrected chi connectivity index (χ3v) is 5.05. The molecule has 0 radical (unpaired) electrons. The molecule has 0 aliphatic carbocycles. The van der Waals surface area contributed by atoms with Crippen molar-refractivity contribution >= 4 is 17.7 Å². The van der Waals surface area contributed by atoms with Crippen LogP contribution >= 0.6 is 11.8 Å². The van der Waals surface area contributed by atoms with Gasteiger partial charge in [-0.2, -0.15) is 0 Å². The number of likely N-dealkylation sites (tertiary alicyclic amines) is 1. The van der Waals surface area contributed by atoms with Gasteiger partial charge in [0.25, 0.3) is 0 Å². The van der Waals surface area contributed by atoms with E-state index in [0.717, 1.165) is 13.1 Å². The van der Waals surface area contributed by atoms with Gasteiger partial charge in [-0.1, -0.05) is 12.1 Å². The van der Waals surface area contributed by atoms with E-state index in [1.807, 2.05) is 6.92 Å². The van der Waals surface area contributed by atoms with Crippen LogP contribution in [0.5, 0.6) is 0 Å². The Kier molecular flexibility index (Phi) is 5.71. The van der Waals surface area contributed by atoms with Crippen molar-refractivity contribution in [2.45, 2.75) is 43.5 Å². The van der Waals surface area contributed by atoms with Gasteiger partial charge in [0.05, 0.1) is 18.6 Å². The Hall–Kier alpha value is -1.00. The van der Waals surface area contributed by atoms with Crippen LogP contribution in [0.2, 0.25) is 0 Å². The predicted molar refractivity (Wildman–Crippen MR) is 87.6 cm³/mol. The number of rotatable bonds is 6. The molecular formula is C17H25NO2S. The predicted octanol–water partition coefficient (Wildman–Crippen LogP) is 3.67. The maximum absolute atomic E-state index is 12.1. The molecule has 0 N–H and O–H groups in total. The summed E-state index contributed by atoms with van der Waals surface area (Å²) in [6.45, 7) is 6.59. The smallest absolute Gasteiger partial charge is 0.307 e. The van der Waals surface area contributed by atoms with Crippen molar-refractivity contribution in [3.8, 4) is 0 Å². The summed E-state index contributed by atoms with van der Waals surface area (Å²) in [6, 6.07) is 8.59. The summed E-state index contributed by atoms with van der Waals surface area (Å²) in [6.07, 6.45) is 4.91. The molecule has 0 bridgehead atoms. The number of hydrogen-bond acceptors (Lipinski definition) is 4. The molecule has 1 atom stereocenters. The molecule has 0 aromatic heterocycles. The van der Waals surface area contributed by atoms with E-state index in [1.165, 1.54) is 23.3 Å². The molecule has 0 amide bonds. The van der Waals surface area contributed by atoms with Crippen molar-refractivity contribution in [2.75, 3.05) is 26.0 Å². The molecule has 1 unspecified atom stereocenters. The number of carbonyl (C=O) groups excluding carboxylic acids is 1. The van der Waals surface area contributed by atoms with Crippen LogP contribution < -0.4 is 0 Å². The third-order valence-electron chi connectivity index (χ3n) is 4.31. The number of thioether (sulfide) groups is 1. The van der Waals surface area contributed by atoms with Crippen molar-refractivity contribution in [1.82, 2.24) is 4.90 Å². The molecule has 3 nitrogen and oxygen atoms in total. The monoisotopic (exact) mass is 307 g/mol. The van der Waals surface area contributed by atoms with Crippen LogP contribution in [0.15, 0.2) is 29.2 Å². The quantitative estimate of drug-likeness (QED) is 0.592. The number of nitrogens with zero attached hydrogens (tertiary/aromatic N) is 1. The fourth-order valence-corrected chi connectivity index (χ4v) is 3.46. The molecular weight excluding hydrogens is 282 g/mol. The average Bonchev–Trinajstić information content (AvgIpc) is 3.02. The Labute approximate surface area is 132 Å². The van der Waals surface area contributed by atoms with Gasteiger partial charge in [0.2, 0.25) is 0 Å². The van der Waals surface area contributed by atoms with Crippen LogP contribution in [-0.2, 0) is 15.1 Å².